The zero-order valence-electron chi connectivity index (χ0n) is 47.5. The standard InChI is InChI=1S/C26H30N6O2.C17H15ClN4O2.C8H15N3.CH4.S13/c1-12(2)25-17(14(4)32(7)30-25)9-21-24-18-11-22(33-8)19(23-13(3)31-34-15(23)5)10-20(18)29-26(24)28-16(6)27-21;1-7-14(8(2)24-22-7)11-5-12-10(6-13(11)23-4)15-16(18)19-9(3)20-17(15)21-12;1-5(2)8-7(9)6(3)11(4)10-8;;1-3-5-7-9-11-13-12-10-8-6-4-2/h10-12H,9H2,1-8H3,(H,27,28,29);5-6H,1-4H3,(H,19,20,21);5H,9H2,1-4H3;1H4;. The maximum atomic E-state index is 6.33. The zero-order valence-corrected chi connectivity index (χ0v) is 58.9. The van der Waals surface area contributed by atoms with E-state index in [9.17, 15) is 0 Å². The summed E-state index contributed by atoms with van der Waals surface area (Å²) < 4.78 is 25.9. The first-order chi connectivity index (χ1) is 39.1. The third-order valence-corrected chi connectivity index (χ3v) is 35.5. The van der Waals surface area contributed by atoms with Crippen LogP contribution in [0.25, 0.3) is 66.1 Å². The van der Waals surface area contributed by atoms with Crippen LogP contribution >= 0.6 is 11.6 Å². The molecular formula is C52H64ClN13O4S13. The molecule has 0 aliphatic carbocycles. The van der Waals surface area contributed by atoms with E-state index in [0.29, 0.717) is 34.9 Å². The number of benzene rings is 2. The van der Waals surface area contributed by atoms with Crippen molar-refractivity contribution in [1.29, 1.82) is 0 Å². The lowest BCUT2D eigenvalue weighted by atomic mass is 9.97. The topological polar surface area (TPSA) is 215 Å². The fraction of sp³-hybridized carbons (Fsp3) is 0.385. The average molecular weight is 1390 g/mol. The minimum atomic E-state index is 0. The van der Waals surface area contributed by atoms with Gasteiger partial charge < -0.3 is 34.2 Å². The first kappa shape index (κ1) is 67.7. The molecule has 0 saturated carbocycles. The van der Waals surface area contributed by atoms with Gasteiger partial charge in [-0.1, -0.05) is 57.0 Å². The molecule has 17 nitrogen and oxygen atoms in total. The number of halogens is 1. The number of hydrogen-bond donors (Lipinski definition) is 3. The molecule has 0 saturated heterocycles. The van der Waals surface area contributed by atoms with Gasteiger partial charge in [0.2, 0.25) is 0 Å². The molecule has 10 rings (SSSR count). The molecule has 0 bridgehead atoms. The summed E-state index contributed by atoms with van der Waals surface area (Å²) in [6.45, 7) is 24.0. The van der Waals surface area contributed by atoms with Crippen molar-refractivity contribution in [2.24, 2.45) is 14.1 Å². The summed E-state index contributed by atoms with van der Waals surface area (Å²) in [6.07, 6.45) is 0.688. The van der Waals surface area contributed by atoms with E-state index in [0.717, 1.165) is 135 Å². The molecule has 0 aliphatic heterocycles. The number of nitrogens with one attached hydrogen (secondary N) is 2. The maximum Gasteiger partial charge on any atom is 0.143 e. The Labute approximate surface area is 528 Å². The molecular weight excluding hydrogens is 1320 g/mol. The van der Waals surface area contributed by atoms with Crippen molar-refractivity contribution in [2.75, 3.05) is 20.0 Å². The Morgan fingerprint density at radius 3 is 1.42 bits per heavy atom. The molecule has 0 atom stereocenters. The smallest absolute Gasteiger partial charge is 0.143 e. The molecule has 31 heteroatoms. The highest BCUT2D eigenvalue weighted by molar-refractivity contribution is 8.75. The Bertz CT molecular complexity index is 4500. The molecule has 0 spiro atoms. The van der Waals surface area contributed by atoms with Gasteiger partial charge in [0.05, 0.1) is 70.6 Å². The van der Waals surface area contributed by atoms with Gasteiger partial charge in [-0.05, 0) is 91.5 Å². The van der Waals surface area contributed by atoms with Crippen LogP contribution in [0.2, 0.25) is 5.15 Å². The minimum Gasteiger partial charge on any atom is -0.496 e. The van der Waals surface area contributed by atoms with Gasteiger partial charge in [-0.2, -0.15) is 10.2 Å². The number of aryl methyl sites for hydroxylation is 8. The molecule has 0 radical (unpaired) electrons. The highest BCUT2D eigenvalue weighted by atomic mass is 35.5. The SMILES string of the molecule is C.COc1cc2c(cc1-c1c(C)noc1C)[nH]c1nc(C)nc(Cc3c(C(C)C)nn(C)c3C)c12.COc1cc2c(cc1-c1c(C)noc1C)[nH]c1nc(C)nc(Cl)c12.Cc1c(N)c(C(C)C)nn1C.S=S=S=S=S=S=S=S=S=S=S=S=S. The number of hydrogen-bond acceptors (Lipinski definition) is 15. The van der Waals surface area contributed by atoms with E-state index in [4.69, 9.17) is 73.3 Å². The van der Waals surface area contributed by atoms with Gasteiger partial charge in [0.25, 0.3) is 0 Å². The molecule has 0 fully saturated rings. The van der Waals surface area contributed by atoms with Crippen LogP contribution in [0.4, 0.5) is 5.69 Å². The number of ether oxygens (including phenoxy) is 2. The fourth-order valence-corrected chi connectivity index (χ4v) is 34.2. The predicted octanol–water partition coefficient (Wildman–Crippen LogP) is 11.8. The van der Waals surface area contributed by atoms with Crippen molar-refractivity contribution in [1.82, 2.24) is 59.8 Å². The van der Waals surface area contributed by atoms with Gasteiger partial charge in [0.1, 0.15) is 51.1 Å². The van der Waals surface area contributed by atoms with Crippen molar-refractivity contribution in [3.05, 3.63) is 98.0 Å². The van der Waals surface area contributed by atoms with E-state index >= 15 is 0 Å². The second-order valence-electron chi connectivity index (χ2n) is 18.9. The van der Waals surface area contributed by atoms with Crippen molar-refractivity contribution in [3.63, 3.8) is 0 Å². The quantitative estimate of drug-likeness (QED) is 0.121. The summed E-state index contributed by atoms with van der Waals surface area (Å²) in [7, 11) is 25.3. The van der Waals surface area contributed by atoms with Crippen molar-refractivity contribution < 1.29 is 18.5 Å². The lowest BCUT2D eigenvalue weighted by molar-refractivity contribution is 0.393. The number of nitrogen functional groups attached to an aromatic ring is 1. The molecule has 8 heterocycles. The molecule has 446 valence electrons. The van der Waals surface area contributed by atoms with Gasteiger partial charge in [-0.3, -0.25) is 9.36 Å². The van der Waals surface area contributed by atoms with Gasteiger partial charge in [-0.15, -0.1) is 0 Å². The highest BCUT2D eigenvalue weighted by Crippen LogP contribution is 2.42. The Morgan fingerprint density at radius 1 is 0.602 bits per heavy atom. The Balaban J connectivity index is 0.000000196. The van der Waals surface area contributed by atoms with Crippen molar-refractivity contribution in [2.45, 2.75) is 109 Å². The molecule has 0 amide bonds. The second-order valence-corrected chi connectivity index (χ2v) is 38.7. The summed E-state index contributed by atoms with van der Waals surface area (Å²) in [5.74, 6) is 5.08. The Hall–Kier alpha value is -4.41. The minimum absolute atomic E-state index is 0. The molecule has 0 aliphatic rings. The summed E-state index contributed by atoms with van der Waals surface area (Å²) in [5, 5.41) is 21.4. The van der Waals surface area contributed by atoms with Crippen LogP contribution in [-0.4, -0.2) is 74.0 Å². The first-order valence-corrected chi connectivity index (χ1v) is 41.2. The molecule has 83 heavy (non-hydrogen) atoms. The van der Waals surface area contributed by atoms with Crippen LogP contribution in [0.3, 0.4) is 0 Å². The van der Waals surface area contributed by atoms with Crippen LogP contribution in [0.5, 0.6) is 11.5 Å². The summed E-state index contributed by atoms with van der Waals surface area (Å²) in [5.41, 5.74) is 22.0. The normalized spacial score (nSPS) is 10.8. The number of nitrogens with two attached hydrogens (primary N) is 1. The molecule has 4 N–H and O–H groups in total. The van der Waals surface area contributed by atoms with Crippen LogP contribution in [-0.2, 0) is 141 Å². The van der Waals surface area contributed by atoms with E-state index in [1.165, 1.54) is 23.3 Å². The largest absolute Gasteiger partial charge is 0.496 e. The predicted molar refractivity (Wildman–Crippen MR) is 374 cm³/mol. The highest BCUT2D eigenvalue weighted by Gasteiger charge is 2.24. The number of rotatable bonds is 8. The van der Waals surface area contributed by atoms with Gasteiger partial charge >= 0.3 is 0 Å². The maximum absolute atomic E-state index is 6.33. The fourth-order valence-electron chi connectivity index (χ4n) is 9.20. The lowest BCUT2D eigenvalue weighted by Gasteiger charge is -2.10. The van der Waals surface area contributed by atoms with Gasteiger partial charge in [0, 0.05) is 190 Å². The average Bonchev–Trinajstić information content (AvgIpc) is 2.40. The van der Waals surface area contributed by atoms with Crippen LogP contribution in [0.1, 0.15) is 116 Å². The van der Waals surface area contributed by atoms with Gasteiger partial charge in [-0.25, -0.2) is 19.9 Å². The second kappa shape index (κ2) is 30.8. The van der Waals surface area contributed by atoms with E-state index in [1.807, 2.05) is 84.1 Å². The van der Waals surface area contributed by atoms with E-state index in [2.05, 4.69) is 82.1 Å². The van der Waals surface area contributed by atoms with E-state index < -0.39 is 0 Å². The number of anilines is 1. The first-order valence-electron chi connectivity index (χ1n) is 24.8. The third kappa shape index (κ3) is 15.8. The van der Waals surface area contributed by atoms with Crippen LogP contribution in [0, 0.1) is 55.4 Å². The zero-order chi connectivity index (χ0) is 59.7. The summed E-state index contributed by atoms with van der Waals surface area (Å²) >= 11 is 15.7. The lowest BCUT2D eigenvalue weighted by Crippen LogP contribution is -2.02. The third-order valence-electron chi connectivity index (χ3n) is 13.0. The number of methoxy groups -OCH3 is 2. The van der Waals surface area contributed by atoms with Crippen LogP contribution < -0.4 is 15.2 Å². The molecule has 2 aromatic carbocycles. The Morgan fingerprint density at radius 2 is 1.02 bits per heavy atom. The number of aromatic amines is 2. The number of fused-ring (bicyclic) bond motifs is 6. The van der Waals surface area contributed by atoms with Crippen molar-refractivity contribution >= 4 is 181 Å². The number of nitrogens with zero attached hydrogens (tertiary/aromatic N) is 10. The number of H-pyrrole nitrogens is 2. The summed E-state index contributed by atoms with van der Waals surface area (Å²) in [6, 6.07) is 8.11. The molecule has 0 unspecified atom stereocenters. The van der Waals surface area contributed by atoms with E-state index in [1.54, 1.807) is 94.1 Å². The van der Waals surface area contributed by atoms with Crippen molar-refractivity contribution in [3.8, 4) is 33.8 Å². The molecule has 10 aromatic rings. The van der Waals surface area contributed by atoms with Crippen LogP contribution in [0.15, 0.2) is 33.3 Å². The number of aromatic nitrogens is 12. The van der Waals surface area contributed by atoms with E-state index in [-0.39, 0.29) is 7.43 Å². The summed E-state index contributed by atoms with van der Waals surface area (Å²) in [4.78, 5) is 25.1. The monoisotopic (exact) mass is 1390 g/mol. The van der Waals surface area contributed by atoms with Gasteiger partial charge in [0.15, 0.2) is 0 Å². The Kier molecular flexibility index (Phi) is 25.1. The molecule has 8 aromatic heterocycles.